The second-order valence-electron chi connectivity index (χ2n) is 6.51. The van der Waals surface area contributed by atoms with Crippen molar-refractivity contribution < 1.29 is 19.3 Å². The van der Waals surface area contributed by atoms with E-state index in [4.69, 9.17) is 5.73 Å². The first kappa shape index (κ1) is 19.8. The van der Waals surface area contributed by atoms with Gasteiger partial charge < -0.3 is 16.0 Å². The molecule has 0 bridgehead atoms. The number of nitrogens with one attached hydrogen (secondary N) is 2. The molecule has 0 radical (unpaired) electrons. The summed E-state index contributed by atoms with van der Waals surface area (Å²) >= 11 is 0. The van der Waals surface area contributed by atoms with Crippen molar-refractivity contribution in [3.8, 4) is 0 Å². The first-order valence-electron chi connectivity index (χ1n) is 8.91. The molecule has 0 atom stereocenters. The van der Waals surface area contributed by atoms with Crippen molar-refractivity contribution >= 4 is 34.9 Å². The van der Waals surface area contributed by atoms with E-state index in [-0.39, 0.29) is 16.8 Å². The van der Waals surface area contributed by atoms with E-state index < -0.39 is 22.8 Å². The summed E-state index contributed by atoms with van der Waals surface area (Å²) in [5, 5.41) is 15.7. The van der Waals surface area contributed by atoms with Gasteiger partial charge in [0.2, 0.25) is 0 Å². The predicted octanol–water partition coefficient (Wildman–Crippen LogP) is 2.26. The summed E-state index contributed by atoms with van der Waals surface area (Å²) in [6.07, 6.45) is 1.96. The van der Waals surface area contributed by atoms with Gasteiger partial charge >= 0.3 is 6.03 Å². The summed E-state index contributed by atoms with van der Waals surface area (Å²) in [4.78, 5) is 48.2. The SMILES string of the molecule is NC(=O)NC(=O)c1cccc(NC(=O)c2cc([N+](=O)[O-])ccc2N2CCCC2)c1. The topological polar surface area (TPSA) is 148 Å². The van der Waals surface area contributed by atoms with Gasteiger partial charge in [0.1, 0.15) is 0 Å². The number of primary amides is 1. The van der Waals surface area contributed by atoms with Crippen LogP contribution in [0.1, 0.15) is 33.6 Å². The minimum Gasteiger partial charge on any atom is -0.371 e. The van der Waals surface area contributed by atoms with E-state index in [1.54, 1.807) is 12.1 Å². The van der Waals surface area contributed by atoms with E-state index >= 15 is 0 Å². The number of anilines is 2. The average Bonchev–Trinajstić information content (AvgIpc) is 3.21. The highest BCUT2D eigenvalue weighted by Crippen LogP contribution is 2.29. The van der Waals surface area contributed by atoms with Gasteiger partial charge in [-0.3, -0.25) is 25.0 Å². The predicted molar refractivity (Wildman–Crippen MR) is 106 cm³/mol. The lowest BCUT2D eigenvalue weighted by molar-refractivity contribution is -0.384. The van der Waals surface area contributed by atoms with Gasteiger partial charge in [0, 0.05) is 36.5 Å². The third kappa shape index (κ3) is 4.67. The number of nitro benzene ring substituents is 1. The normalized spacial score (nSPS) is 13.0. The molecule has 1 fully saturated rings. The number of nitro groups is 1. The average molecular weight is 397 g/mol. The lowest BCUT2D eigenvalue weighted by atomic mass is 10.1. The lowest BCUT2D eigenvalue weighted by Gasteiger charge is -2.21. The Bertz CT molecular complexity index is 985. The van der Waals surface area contributed by atoms with Crippen LogP contribution in [0.4, 0.5) is 21.9 Å². The highest BCUT2D eigenvalue weighted by atomic mass is 16.6. The molecule has 4 N–H and O–H groups in total. The first-order valence-corrected chi connectivity index (χ1v) is 8.91. The molecular formula is C19H19N5O5. The Morgan fingerprint density at radius 1 is 1.03 bits per heavy atom. The number of amides is 4. The molecule has 2 aromatic carbocycles. The zero-order valence-corrected chi connectivity index (χ0v) is 15.4. The summed E-state index contributed by atoms with van der Waals surface area (Å²) in [6, 6.07) is 9.13. The van der Waals surface area contributed by atoms with E-state index in [9.17, 15) is 24.5 Å². The molecule has 150 valence electrons. The fourth-order valence-corrected chi connectivity index (χ4v) is 3.17. The lowest BCUT2D eigenvalue weighted by Crippen LogP contribution is -2.34. The van der Waals surface area contributed by atoms with Gasteiger partial charge in [-0.25, -0.2) is 4.79 Å². The largest absolute Gasteiger partial charge is 0.371 e. The van der Waals surface area contributed by atoms with Gasteiger partial charge in [-0.2, -0.15) is 0 Å². The maximum absolute atomic E-state index is 12.9. The van der Waals surface area contributed by atoms with Crippen LogP contribution in [0.3, 0.4) is 0 Å². The number of imide groups is 1. The van der Waals surface area contributed by atoms with E-state index in [0.717, 1.165) is 25.9 Å². The Kier molecular flexibility index (Phi) is 5.72. The molecule has 0 saturated carbocycles. The Balaban J connectivity index is 1.88. The zero-order chi connectivity index (χ0) is 21.0. The number of nitrogens with two attached hydrogens (primary N) is 1. The molecule has 3 rings (SSSR count). The van der Waals surface area contributed by atoms with Crippen molar-refractivity contribution in [1.82, 2.24) is 5.32 Å². The van der Waals surface area contributed by atoms with Crippen LogP contribution in [-0.2, 0) is 0 Å². The molecule has 1 aliphatic heterocycles. The monoisotopic (exact) mass is 397 g/mol. The van der Waals surface area contributed by atoms with Crippen LogP contribution >= 0.6 is 0 Å². The van der Waals surface area contributed by atoms with E-state index in [0.29, 0.717) is 11.4 Å². The fraction of sp³-hybridized carbons (Fsp3) is 0.211. The highest BCUT2D eigenvalue weighted by molar-refractivity contribution is 6.09. The van der Waals surface area contributed by atoms with Gasteiger partial charge in [0.15, 0.2) is 0 Å². The molecule has 10 nitrogen and oxygen atoms in total. The third-order valence-electron chi connectivity index (χ3n) is 4.50. The third-order valence-corrected chi connectivity index (χ3v) is 4.50. The minimum absolute atomic E-state index is 0.125. The summed E-state index contributed by atoms with van der Waals surface area (Å²) in [7, 11) is 0. The molecule has 10 heteroatoms. The summed E-state index contributed by atoms with van der Waals surface area (Å²) in [5.74, 6) is -1.25. The zero-order valence-electron chi connectivity index (χ0n) is 15.4. The number of rotatable bonds is 5. The van der Waals surface area contributed by atoms with Crippen LogP contribution in [0.2, 0.25) is 0 Å². The number of hydrogen-bond donors (Lipinski definition) is 3. The summed E-state index contributed by atoms with van der Waals surface area (Å²) in [5.41, 5.74) is 5.97. The highest BCUT2D eigenvalue weighted by Gasteiger charge is 2.23. The molecule has 29 heavy (non-hydrogen) atoms. The van der Waals surface area contributed by atoms with Crippen molar-refractivity contribution in [3.63, 3.8) is 0 Å². The Morgan fingerprint density at radius 2 is 1.76 bits per heavy atom. The molecule has 0 aromatic heterocycles. The Hall–Kier alpha value is -3.95. The van der Waals surface area contributed by atoms with Crippen LogP contribution in [0, 0.1) is 10.1 Å². The van der Waals surface area contributed by atoms with Crippen molar-refractivity contribution in [2.24, 2.45) is 5.73 Å². The first-order chi connectivity index (χ1) is 13.8. The summed E-state index contributed by atoms with van der Waals surface area (Å²) < 4.78 is 0. The number of nitrogens with zero attached hydrogens (tertiary/aromatic N) is 2. The van der Waals surface area contributed by atoms with E-state index in [1.807, 2.05) is 10.2 Å². The van der Waals surface area contributed by atoms with Gasteiger partial charge in [-0.15, -0.1) is 0 Å². The molecule has 1 aliphatic rings. The molecule has 0 spiro atoms. The van der Waals surface area contributed by atoms with Crippen molar-refractivity contribution in [2.45, 2.75) is 12.8 Å². The number of hydrogen-bond acceptors (Lipinski definition) is 6. The summed E-state index contributed by atoms with van der Waals surface area (Å²) in [6.45, 7) is 1.53. The number of carbonyl (C=O) groups excluding carboxylic acids is 3. The maximum atomic E-state index is 12.9. The molecule has 0 aliphatic carbocycles. The maximum Gasteiger partial charge on any atom is 0.319 e. The Labute approximate surface area is 165 Å². The standard InChI is InChI=1S/C19H19N5O5/c20-19(27)22-17(25)12-4-3-5-13(10-12)21-18(26)15-11-14(24(28)29)6-7-16(15)23-8-1-2-9-23/h3-7,10-11H,1-2,8-9H2,(H,21,26)(H3,20,22,25,27). The number of carbonyl (C=O) groups is 3. The van der Waals surface area contributed by atoms with Crippen LogP contribution in [-0.4, -0.2) is 35.9 Å². The second-order valence-corrected chi connectivity index (χ2v) is 6.51. The molecule has 2 aromatic rings. The van der Waals surface area contributed by atoms with Crippen molar-refractivity contribution in [2.75, 3.05) is 23.3 Å². The number of non-ortho nitro benzene ring substituents is 1. The fourth-order valence-electron chi connectivity index (χ4n) is 3.17. The quantitative estimate of drug-likeness (QED) is 0.521. The van der Waals surface area contributed by atoms with E-state index in [1.165, 1.54) is 30.3 Å². The molecule has 0 unspecified atom stereocenters. The van der Waals surface area contributed by atoms with Crippen molar-refractivity contribution in [1.29, 1.82) is 0 Å². The van der Waals surface area contributed by atoms with Crippen LogP contribution in [0.15, 0.2) is 42.5 Å². The number of benzene rings is 2. The van der Waals surface area contributed by atoms with Gasteiger partial charge in [0.05, 0.1) is 16.2 Å². The van der Waals surface area contributed by atoms with E-state index in [2.05, 4.69) is 5.32 Å². The molecule has 1 heterocycles. The van der Waals surface area contributed by atoms with Crippen LogP contribution < -0.4 is 21.3 Å². The molecule has 1 saturated heterocycles. The number of urea groups is 1. The Morgan fingerprint density at radius 3 is 2.41 bits per heavy atom. The smallest absolute Gasteiger partial charge is 0.319 e. The van der Waals surface area contributed by atoms with Gasteiger partial charge in [-0.05, 0) is 37.1 Å². The minimum atomic E-state index is -0.990. The second kappa shape index (κ2) is 8.38. The van der Waals surface area contributed by atoms with Crippen molar-refractivity contribution in [3.05, 3.63) is 63.7 Å². The van der Waals surface area contributed by atoms with Crippen LogP contribution in [0.5, 0.6) is 0 Å². The van der Waals surface area contributed by atoms with Gasteiger partial charge in [-0.1, -0.05) is 6.07 Å². The molecule has 4 amide bonds. The molecular weight excluding hydrogens is 378 g/mol. The van der Waals surface area contributed by atoms with Gasteiger partial charge in [0.25, 0.3) is 17.5 Å². The van der Waals surface area contributed by atoms with Crippen LogP contribution in [0.25, 0.3) is 0 Å².